The maximum atomic E-state index is 11.5. The lowest BCUT2D eigenvalue weighted by molar-refractivity contribution is -0.147. The number of carbonyl (C=O) groups is 4. The number of rotatable bonds is 6. The smallest absolute Gasteiger partial charge is 0.254 e. The van der Waals surface area contributed by atoms with Crippen molar-refractivity contribution in [3.05, 3.63) is 50.6 Å². The van der Waals surface area contributed by atoms with Crippen molar-refractivity contribution in [2.24, 2.45) is 0 Å². The summed E-state index contributed by atoms with van der Waals surface area (Å²) in [6.07, 6.45) is 3.54. The lowest BCUT2D eigenvalue weighted by Crippen LogP contribution is -2.47. The Morgan fingerprint density at radius 1 is 0.632 bits per heavy atom. The molecular formula is C13H14N2O4. The van der Waals surface area contributed by atoms with Crippen molar-refractivity contribution < 1.29 is 19.2 Å². The first-order valence-corrected chi connectivity index (χ1v) is 5.13. The zero-order chi connectivity index (χ0) is 15.0. The lowest BCUT2D eigenvalue weighted by Gasteiger charge is -2.25. The minimum absolute atomic E-state index is 0.564. The third-order valence-corrected chi connectivity index (χ3v) is 2.05. The molecule has 6 nitrogen and oxygen atoms in total. The van der Waals surface area contributed by atoms with Crippen molar-refractivity contribution in [2.75, 3.05) is 6.67 Å². The molecule has 0 aliphatic rings. The maximum absolute atomic E-state index is 11.5. The van der Waals surface area contributed by atoms with Gasteiger partial charge in [-0.2, -0.15) is 0 Å². The number of hydrogen-bond donors (Lipinski definition) is 0. The lowest BCUT2D eigenvalue weighted by atomic mass is 10.4. The van der Waals surface area contributed by atoms with Crippen LogP contribution in [0, 0.1) is 0 Å². The van der Waals surface area contributed by atoms with Crippen LogP contribution >= 0.6 is 0 Å². The van der Waals surface area contributed by atoms with Crippen LogP contribution in [-0.2, 0) is 19.2 Å². The molecule has 0 aromatic heterocycles. The minimum atomic E-state index is -0.761. The van der Waals surface area contributed by atoms with E-state index in [2.05, 4.69) is 26.3 Å². The molecule has 0 atom stereocenters. The Morgan fingerprint density at radius 3 is 1.00 bits per heavy atom. The second-order valence-corrected chi connectivity index (χ2v) is 3.17. The largest absolute Gasteiger partial charge is 0.269 e. The fraction of sp³-hybridized carbons (Fsp3) is 0.0769. The van der Waals surface area contributed by atoms with Crippen LogP contribution < -0.4 is 0 Å². The van der Waals surface area contributed by atoms with Gasteiger partial charge in [0.15, 0.2) is 0 Å². The number of carbonyl (C=O) groups excluding carboxylic acids is 4. The van der Waals surface area contributed by atoms with Crippen LogP contribution in [0.25, 0.3) is 0 Å². The van der Waals surface area contributed by atoms with E-state index in [1.54, 1.807) is 0 Å². The van der Waals surface area contributed by atoms with Crippen LogP contribution in [0.3, 0.4) is 0 Å². The van der Waals surface area contributed by atoms with Crippen LogP contribution in [0.2, 0.25) is 0 Å². The Morgan fingerprint density at radius 2 is 0.842 bits per heavy atom. The summed E-state index contributed by atoms with van der Waals surface area (Å²) >= 11 is 0. The van der Waals surface area contributed by atoms with Crippen molar-refractivity contribution >= 4 is 23.6 Å². The predicted octanol–water partition coefficient (Wildman–Crippen LogP) is 0.398. The Kier molecular flexibility index (Phi) is 6.45. The number of imide groups is 2. The quantitative estimate of drug-likeness (QED) is 0.513. The molecule has 19 heavy (non-hydrogen) atoms. The second-order valence-electron chi connectivity index (χ2n) is 3.17. The molecule has 0 radical (unpaired) electrons. The molecule has 100 valence electrons. The standard InChI is InChI=1S/C13H14N2O4/c1-5-10(16)14(11(17)6-2)9-15(12(18)7-3)13(19)8-4/h5-8H,1-4,9H2. The zero-order valence-corrected chi connectivity index (χ0v) is 10.4. The van der Waals surface area contributed by atoms with Crippen LogP contribution in [0.15, 0.2) is 50.6 Å². The predicted molar refractivity (Wildman–Crippen MR) is 69.4 cm³/mol. The summed E-state index contributed by atoms with van der Waals surface area (Å²) in [5.41, 5.74) is 0. The normalized spacial score (nSPS) is 8.84. The summed E-state index contributed by atoms with van der Waals surface area (Å²) in [7, 11) is 0. The van der Waals surface area contributed by atoms with Crippen molar-refractivity contribution in [3.63, 3.8) is 0 Å². The van der Waals surface area contributed by atoms with E-state index in [4.69, 9.17) is 0 Å². The van der Waals surface area contributed by atoms with Crippen LogP contribution in [-0.4, -0.2) is 40.1 Å². The van der Waals surface area contributed by atoms with E-state index in [-0.39, 0.29) is 0 Å². The molecule has 0 aliphatic heterocycles. The zero-order valence-electron chi connectivity index (χ0n) is 10.4. The number of hydrogen-bond acceptors (Lipinski definition) is 4. The van der Waals surface area contributed by atoms with Crippen LogP contribution in [0.4, 0.5) is 0 Å². The van der Waals surface area contributed by atoms with E-state index < -0.39 is 30.3 Å². The first-order chi connectivity index (χ1) is 8.92. The molecule has 0 bridgehead atoms. The molecule has 0 aliphatic carbocycles. The maximum Gasteiger partial charge on any atom is 0.254 e. The van der Waals surface area contributed by atoms with Gasteiger partial charge in [-0.05, 0) is 24.3 Å². The molecule has 0 rings (SSSR count). The minimum Gasteiger partial charge on any atom is -0.269 e. The number of amides is 4. The third kappa shape index (κ3) is 4.19. The summed E-state index contributed by atoms with van der Waals surface area (Å²) in [5, 5.41) is 0. The van der Waals surface area contributed by atoms with Gasteiger partial charge >= 0.3 is 0 Å². The van der Waals surface area contributed by atoms with Gasteiger partial charge in [0, 0.05) is 0 Å². The molecule has 6 heteroatoms. The van der Waals surface area contributed by atoms with Gasteiger partial charge in [-0.1, -0.05) is 26.3 Å². The van der Waals surface area contributed by atoms with Crippen molar-refractivity contribution in [2.45, 2.75) is 0 Å². The fourth-order valence-corrected chi connectivity index (χ4v) is 1.08. The van der Waals surface area contributed by atoms with Gasteiger partial charge < -0.3 is 0 Å². The summed E-state index contributed by atoms with van der Waals surface area (Å²) in [6.45, 7) is 12.4. The van der Waals surface area contributed by atoms with Gasteiger partial charge in [0.1, 0.15) is 6.67 Å². The van der Waals surface area contributed by atoms with Crippen LogP contribution in [0.1, 0.15) is 0 Å². The summed E-state index contributed by atoms with van der Waals surface area (Å²) in [4.78, 5) is 47.3. The van der Waals surface area contributed by atoms with E-state index in [1.165, 1.54) is 0 Å². The summed E-state index contributed by atoms with van der Waals surface area (Å²) in [6, 6.07) is 0. The Hall–Kier alpha value is -2.76. The molecule has 0 unspecified atom stereocenters. The molecule has 0 aromatic carbocycles. The monoisotopic (exact) mass is 262 g/mol. The third-order valence-electron chi connectivity index (χ3n) is 2.05. The molecule has 4 amide bonds. The summed E-state index contributed by atoms with van der Waals surface area (Å²) in [5.74, 6) is -3.04. The Balaban J connectivity index is 5.35. The molecule has 0 saturated heterocycles. The molecule has 0 aromatic rings. The average Bonchev–Trinajstić information content (AvgIpc) is 2.45. The Bertz CT molecular complexity index is 383. The van der Waals surface area contributed by atoms with Crippen LogP contribution in [0.5, 0.6) is 0 Å². The molecule has 0 spiro atoms. The van der Waals surface area contributed by atoms with Gasteiger partial charge in [-0.25, -0.2) is 0 Å². The highest BCUT2D eigenvalue weighted by Crippen LogP contribution is 2.01. The van der Waals surface area contributed by atoms with E-state index in [9.17, 15) is 19.2 Å². The first kappa shape index (κ1) is 16.2. The van der Waals surface area contributed by atoms with Gasteiger partial charge in [-0.3, -0.25) is 29.0 Å². The van der Waals surface area contributed by atoms with E-state index >= 15 is 0 Å². The highest BCUT2D eigenvalue weighted by molar-refractivity contribution is 6.07. The van der Waals surface area contributed by atoms with Crippen molar-refractivity contribution in [1.29, 1.82) is 0 Å². The van der Waals surface area contributed by atoms with E-state index in [0.29, 0.717) is 9.80 Å². The molecule has 0 fully saturated rings. The van der Waals surface area contributed by atoms with Gasteiger partial charge in [0.05, 0.1) is 0 Å². The van der Waals surface area contributed by atoms with E-state index in [1.807, 2.05) is 0 Å². The topological polar surface area (TPSA) is 74.8 Å². The Labute approximate surface area is 111 Å². The van der Waals surface area contributed by atoms with E-state index in [0.717, 1.165) is 24.3 Å². The first-order valence-electron chi connectivity index (χ1n) is 5.13. The van der Waals surface area contributed by atoms with Gasteiger partial charge in [-0.15, -0.1) is 0 Å². The second kappa shape index (κ2) is 7.54. The van der Waals surface area contributed by atoms with Gasteiger partial charge in [0.2, 0.25) is 0 Å². The highest BCUT2D eigenvalue weighted by atomic mass is 16.2. The molecule has 0 saturated carbocycles. The fourth-order valence-electron chi connectivity index (χ4n) is 1.08. The molecule has 0 N–H and O–H groups in total. The summed E-state index contributed by atoms with van der Waals surface area (Å²) < 4.78 is 0. The van der Waals surface area contributed by atoms with Crippen molar-refractivity contribution in [1.82, 2.24) is 9.80 Å². The molecular weight excluding hydrogens is 248 g/mol. The SMILES string of the molecule is C=CC(=O)N(CN(C(=O)C=C)C(=O)C=C)C(=O)C=C. The number of nitrogens with zero attached hydrogens (tertiary/aromatic N) is 2. The molecule has 0 heterocycles. The highest BCUT2D eigenvalue weighted by Gasteiger charge is 2.25. The van der Waals surface area contributed by atoms with Gasteiger partial charge in [0.25, 0.3) is 23.6 Å². The average molecular weight is 262 g/mol. The van der Waals surface area contributed by atoms with Crippen molar-refractivity contribution in [3.8, 4) is 0 Å².